The van der Waals surface area contributed by atoms with E-state index in [0.29, 0.717) is 23.8 Å². The lowest BCUT2D eigenvalue weighted by Gasteiger charge is -2.14. The first-order chi connectivity index (χ1) is 9.52. The Kier molecular flexibility index (Phi) is 6.75. The molecule has 0 saturated carbocycles. The Hall–Kier alpha value is -1.86. The van der Waals surface area contributed by atoms with Gasteiger partial charge in [0.1, 0.15) is 6.10 Å². The van der Waals surface area contributed by atoms with E-state index in [4.69, 9.17) is 10.00 Å². The monoisotopic (exact) mass is 274 g/mol. The predicted molar refractivity (Wildman–Crippen MR) is 79.3 cm³/mol. The minimum atomic E-state index is -0.493. The van der Waals surface area contributed by atoms with Crippen LogP contribution in [0.25, 0.3) is 0 Å². The highest BCUT2D eigenvalue weighted by atomic mass is 16.5. The van der Waals surface area contributed by atoms with Crippen molar-refractivity contribution in [3.63, 3.8) is 0 Å². The number of carbonyl (C=O) groups excluding carboxylic acids is 1. The molecule has 0 aliphatic rings. The molecule has 1 aromatic carbocycles. The summed E-state index contributed by atoms with van der Waals surface area (Å²) in [5.41, 5.74) is 1.14. The molecule has 1 aromatic rings. The standard InChI is InChI=1S/C16H22N2O2/c1-12(2)6-5-9-20-13(3)16(19)18-15-8-4-7-14(10-15)11-17/h4,7-8,10,12-13H,5-6,9H2,1-3H3,(H,18,19). The van der Waals surface area contributed by atoms with Crippen molar-refractivity contribution in [2.45, 2.75) is 39.7 Å². The number of nitrogens with zero attached hydrogens (tertiary/aromatic N) is 1. The van der Waals surface area contributed by atoms with E-state index in [1.165, 1.54) is 0 Å². The first kappa shape index (κ1) is 16.2. The molecule has 0 fully saturated rings. The maximum absolute atomic E-state index is 11.9. The van der Waals surface area contributed by atoms with Gasteiger partial charge in [0.05, 0.1) is 11.6 Å². The molecule has 0 bridgehead atoms. The zero-order valence-electron chi connectivity index (χ0n) is 12.3. The molecule has 108 valence electrons. The van der Waals surface area contributed by atoms with Gasteiger partial charge in [-0.15, -0.1) is 0 Å². The number of rotatable bonds is 7. The van der Waals surface area contributed by atoms with Crippen molar-refractivity contribution in [1.29, 1.82) is 5.26 Å². The highest BCUT2D eigenvalue weighted by Crippen LogP contribution is 2.11. The summed E-state index contributed by atoms with van der Waals surface area (Å²) in [7, 11) is 0. The Balaban J connectivity index is 2.39. The van der Waals surface area contributed by atoms with Crippen LogP contribution < -0.4 is 5.32 Å². The molecule has 0 spiro atoms. The van der Waals surface area contributed by atoms with Gasteiger partial charge in [-0.2, -0.15) is 5.26 Å². The molecule has 0 aliphatic heterocycles. The molecule has 1 atom stereocenters. The summed E-state index contributed by atoms with van der Waals surface area (Å²) in [5, 5.41) is 11.6. The second-order valence-corrected chi connectivity index (χ2v) is 5.23. The van der Waals surface area contributed by atoms with Crippen molar-refractivity contribution >= 4 is 11.6 Å². The van der Waals surface area contributed by atoms with Crippen LogP contribution in [0.2, 0.25) is 0 Å². The van der Waals surface area contributed by atoms with Gasteiger partial charge in [-0.25, -0.2) is 0 Å². The fourth-order valence-corrected chi connectivity index (χ4v) is 1.74. The molecule has 20 heavy (non-hydrogen) atoms. The van der Waals surface area contributed by atoms with Crippen LogP contribution in [0.15, 0.2) is 24.3 Å². The number of nitrogens with one attached hydrogen (secondary N) is 1. The lowest BCUT2D eigenvalue weighted by molar-refractivity contribution is -0.126. The number of nitriles is 1. The minimum Gasteiger partial charge on any atom is -0.369 e. The Bertz CT molecular complexity index is 478. The third-order valence-corrected chi connectivity index (χ3v) is 2.92. The summed E-state index contributed by atoms with van der Waals surface area (Å²) in [6, 6.07) is 8.87. The molecule has 1 rings (SSSR count). The van der Waals surface area contributed by atoms with Gasteiger partial charge in [0, 0.05) is 12.3 Å². The van der Waals surface area contributed by atoms with Crippen LogP contribution in [0.3, 0.4) is 0 Å². The summed E-state index contributed by atoms with van der Waals surface area (Å²) in [5.74, 6) is 0.459. The molecule has 1 amide bonds. The van der Waals surface area contributed by atoms with Gasteiger partial charge in [0.25, 0.3) is 5.91 Å². The number of hydrogen-bond acceptors (Lipinski definition) is 3. The van der Waals surface area contributed by atoms with Crippen molar-refractivity contribution in [3.8, 4) is 6.07 Å². The van der Waals surface area contributed by atoms with E-state index < -0.39 is 6.10 Å². The number of benzene rings is 1. The highest BCUT2D eigenvalue weighted by Gasteiger charge is 2.13. The van der Waals surface area contributed by atoms with Gasteiger partial charge in [0.15, 0.2) is 0 Å². The topological polar surface area (TPSA) is 62.1 Å². The lowest BCUT2D eigenvalue weighted by Crippen LogP contribution is -2.28. The molecular formula is C16H22N2O2. The lowest BCUT2D eigenvalue weighted by atomic mass is 10.1. The van der Waals surface area contributed by atoms with Crippen molar-refractivity contribution in [1.82, 2.24) is 0 Å². The molecule has 1 N–H and O–H groups in total. The van der Waals surface area contributed by atoms with Crippen LogP contribution in [0.1, 0.15) is 39.2 Å². The molecule has 1 unspecified atom stereocenters. The first-order valence-electron chi connectivity index (χ1n) is 6.95. The predicted octanol–water partition coefficient (Wildman–Crippen LogP) is 3.34. The molecule has 0 saturated heterocycles. The van der Waals surface area contributed by atoms with E-state index >= 15 is 0 Å². The average molecular weight is 274 g/mol. The van der Waals surface area contributed by atoms with Crippen LogP contribution in [0.4, 0.5) is 5.69 Å². The summed E-state index contributed by atoms with van der Waals surface area (Å²) >= 11 is 0. The third kappa shape index (κ3) is 5.85. The van der Waals surface area contributed by atoms with Gasteiger partial charge in [-0.05, 0) is 43.9 Å². The van der Waals surface area contributed by atoms with Crippen LogP contribution in [0.5, 0.6) is 0 Å². The summed E-state index contributed by atoms with van der Waals surface area (Å²) in [4.78, 5) is 11.9. The SMILES string of the molecule is CC(C)CCCOC(C)C(=O)Nc1cccc(C#N)c1. The fraction of sp³-hybridized carbons (Fsp3) is 0.500. The summed E-state index contributed by atoms with van der Waals surface area (Å²) < 4.78 is 5.51. The van der Waals surface area contributed by atoms with E-state index in [1.807, 2.05) is 6.07 Å². The van der Waals surface area contributed by atoms with E-state index in [0.717, 1.165) is 12.8 Å². The normalized spacial score (nSPS) is 11.9. The van der Waals surface area contributed by atoms with Crippen LogP contribution in [-0.2, 0) is 9.53 Å². The van der Waals surface area contributed by atoms with Crippen molar-refractivity contribution in [2.75, 3.05) is 11.9 Å². The first-order valence-corrected chi connectivity index (χ1v) is 6.95. The number of amides is 1. The maximum Gasteiger partial charge on any atom is 0.253 e. The largest absolute Gasteiger partial charge is 0.369 e. The third-order valence-electron chi connectivity index (χ3n) is 2.92. The minimum absolute atomic E-state index is 0.190. The maximum atomic E-state index is 11.9. The fourth-order valence-electron chi connectivity index (χ4n) is 1.74. The number of anilines is 1. The van der Waals surface area contributed by atoms with E-state index in [9.17, 15) is 4.79 Å². The highest BCUT2D eigenvalue weighted by molar-refractivity contribution is 5.94. The van der Waals surface area contributed by atoms with Crippen molar-refractivity contribution in [3.05, 3.63) is 29.8 Å². The van der Waals surface area contributed by atoms with Crippen molar-refractivity contribution in [2.24, 2.45) is 5.92 Å². The molecule has 4 heteroatoms. The van der Waals surface area contributed by atoms with Crippen LogP contribution in [0, 0.1) is 17.2 Å². The second-order valence-electron chi connectivity index (χ2n) is 5.23. The second kappa shape index (κ2) is 8.34. The molecule has 0 aromatic heterocycles. The number of carbonyl (C=O) groups is 1. The Morgan fingerprint density at radius 3 is 2.80 bits per heavy atom. The zero-order chi connectivity index (χ0) is 15.0. The molecule has 0 aliphatic carbocycles. The molecule has 0 heterocycles. The van der Waals surface area contributed by atoms with Crippen LogP contribution in [-0.4, -0.2) is 18.6 Å². The van der Waals surface area contributed by atoms with Crippen LogP contribution >= 0.6 is 0 Å². The van der Waals surface area contributed by atoms with Crippen molar-refractivity contribution < 1.29 is 9.53 Å². The zero-order valence-corrected chi connectivity index (χ0v) is 12.3. The van der Waals surface area contributed by atoms with E-state index in [2.05, 4.69) is 19.2 Å². The van der Waals surface area contributed by atoms with Gasteiger partial charge >= 0.3 is 0 Å². The van der Waals surface area contributed by atoms with E-state index in [-0.39, 0.29) is 5.91 Å². The molecule has 0 radical (unpaired) electrons. The van der Waals surface area contributed by atoms with Gasteiger partial charge in [0.2, 0.25) is 0 Å². The Labute approximate surface area is 120 Å². The van der Waals surface area contributed by atoms with Gasteiger partial charge < -0.3 is 10.1 Å². The Morgan fingerprint density at radius 2 is 2.15 bits per heavy atom. The van der Waals surface area contributed by atoms with Gasteiger partial charge in [-0.3, -0.25) is 4.79 Å². The Morgan fingerprint density at radius 1 is 1.40 bits per heavy atom. The quantitative estimate of drug-likeness (QED) is 0.776. The summed E-state index contributed by atoms with van der Waals surface area (Å²) in [6.45, 7) is 6.65. The van der Waals surface area contributed by atoms with Gasteiger partial charge in [-0.1, -0.05) is 19.9 Å². The molecule has 4 nitrogen and oxygen atoms in total. The summed E-state index contributed by atoms with van der Waals surface area (Å²) in [6.07, 6.45) is 1.56. The smallest absolute Gasteiger partial charge is 0.253 e. The molecular weight excluding hydrogens is 252 g/mol. The number of ether oxygens (including phenoxy) is 1. The van der Waals surface area contributed by atoms with E-state index in [1.54, 1.807) is 31.2 Å². The number of hydrogen-bond donors (Lipinski definition) is 1. The average Bonchev–Trinajstić information content (AvgIpc) is 2.43.